The second-order valence-corrected chi connectivity index (χ2v) is 9.15. The summed E-state index contributed by atoms with van der Waals surface area (Å²) in [4.78, 5) is 16.7. The van der Waals surface area contributed by atoms with Crippen LogP contribution in [0.4, 0.5) is 10.5 Å². The summed E-state index contributed by atoms with van der Waals surface area (Å²) in [7, 11) is 0. The fourth-order valence-electron chi connectivity index (χ4n) is 4.21. The Bertz CT molecular complexity index is 607. The van der Waals surface area contributed by atoms with Gasteiger partial charge in [-0.1, -0.05) is 12.1 Å². The van der Waals surface area contributed by atoms with E-state index in [1.165, 1.54) is 31.5 Å². The van der Waals surface area contributed by atoms with Crippen LogP contribution in [0.25, 0.3) is 0 Å². The highest BCUT2D eigenvalue weighted by atomic mass is 16.6. The molecule has 0 atom stereocenters. The summed E-state index contributed by atoms with van der Waals surface area (Å²) >= 11 is 0. The second-order valence-electron chi connectivity index (χ2n) is 9.15. The summed E-state index contributed by atoms with van der Waals surface area (Å²) in [5.74, 6) is 1.35. The van der Waals surface area contributed by atoms with Gasteiger partial charge in [-0.3, -0.25) is 0 Å². The maximum atomic E-state index is 12.2. The molecule has 5 nitrogen and oxygen atoms in total. The Kier molecular flexibility index (Phi) is 6.30. The van der Waals surface area contributed by atoms with Crippen LogP contribution in [0.2, 0.25) is 0 Å². The molecule has 0 saturated carbocycles. The minimum atomic E-state index is -0.414. The van der Waals surface area contributed by atoms with Crippen molar-refractivity contribution in [3.63, 3.8) is 0 Å². The van der Waals surface area contributed by atoms with Crippen LogP contribution in [-0.4, -0.2) is 54.2 Å². The van der Waals surface area contributed by atoms with E-state index in [9.17, 15) is 4.79 Å². The number of anilines is 1. The van der Waals surface area contributed by atoms with Gasteiger partial charge in [-0.2, -0.15) is 0 Å². The zero-order valence-electron chi connectivity index (χ0n) is 17.1. The number of likely N-dealkylation sites (tertiary alicyclic amines) is 2. The Morgan fingerprint density at radius 1 is 1.04 bits per heavy atom. The zero-order chi connectivity index (χ0) is 19.4. The molecule has 2 heterocycles. The van der Waals surface area contributed by atoms with Crippen molar-refractivity contribution in [3.05, 3.63) is 29.8 Å². The van der Waals surface area contributed by atoms with Crippen LogP contribution in [0.5, 0.6) is 0 Å². The normalized spacial score (nSPS) is 20.6. The molecule has 0 unspecified atom stereocenters. The number of nitrogens with two attached hydrogens (primary N) is 1. The van der Waals surface area contributed by atoms with Crippen LogP contribution >= 0.6 is 0 Å². The average molecular weight is 374 g/mol. The molecule has 2 aliphatic rings. The van der Waals surface area contributed by atoms with Crippen molar-refractivity contribution in [2.75, 3.05) is 38.5 Å². The van der Waals surface area contributed by atoms with E-state index < -0.39 is 5.60 Å². The molecule has 2 saturated heterocycles. The maximum absolute atomic E-state index is 12.2. The van der Waals surface area contributed by atoms with E-state index in [4.69, 9.17) is 10.5 Å². The predicted octanol–water partition coefficient (Wildman–Crippen LogP) is 4.10. The molecule has 0 bridgehead atoms. The topological polar surface area (TPSA) is 58.8 Å². The lowest BCUT2D eigenvalue weighted by molar-refractivity contribution is 0.0166. The molecule has 0 aromatic heterocycles. The first kappa shape index (κ1) is 20.0. The van der Waals surface area contributed by atoms with E-state index in [0.717, 1.165) is 38.2 Å². The number of hydrogen-bond acceptors (Lipinski definition) is 4. The van der Waals surface area contributed by atoms with Crippen molar-refractivity contribution >= 4 is 11.8 Å². The maximum Gasteiger partial charge on any atom is 0.410 e. The Morgan fingerprint density at radius 2 is 1.63 bits per heavy atom. The summed E-state index contributed by atoms with van der Waals surface area (Å²) in [6.45, 7) is 10.9. The van der Waals surface area contributed by atoms with Crippen LogP contribution in [0, 0.1) is 5.92 Å². The molecule has 0 spiro atoms. The molecule has 0 radical (unpaired) electrons. The first-order valence-electron chi connectivity index (χ1n) is 10.4. The van der Waals surface area contributed by atoms with Crippen molar-refractivity contribution in [3.8, 4) is 0 Å². The molecular weight excluding hydrogens is 338 g/mol. The Balaban J connectivity index is 1.39. The van der Waals surface area contributed by atoms with Crippen LogP contribution in [0.1, 0.15) is 57.9 Å². The fraction of sp³-hybridized carbons (Fsp3) is 0.682. The molecule has 0 aliphatic carbocycles. The molecule has 27 heavy (non-hydrogen) atoms. The molecule has 1 amide bonds. The van der Waals surface area contributed by atoms with E-state index in [-0.39, 0.29) is 6.09 Å². The Morgan fingerprint density at radius 3 is 2.19 bits per heavy atom. The van der Waals surface area contributed by atoms with Crippen LogP contribution < -0.4 is 5.73 Å². The van der Waals surface area contributed by atoms with Crippen LogP contribution in [-0.2, 0) is 4.74 Å². The highest BCUT2D eigenvalue weighted by Crippen LogP contribution is 2.30. The molecule has 2 aliphatic heterocycles. The van der Waals surface area contributed by atoms with Gasteiger partial charge in [-0.25, -0.2) is 4.79 Å². The summed E-state index contributed by atoms with van der Waals surface area (Å²) in [5, 5.41) is 0. The molecule has 2 N–H and O–H groups in total. The largest absolute Gasteiger partial charge is 0.444 e. The molecule has 150 valence electrons. The smallest absolute Gasteiger partial charge is 0.410 e. The van der Waals surface area contributed by atoms with Crippen molar-refractivity contribution in [1.29, 1.82) is 0 Å². The number of piperidine rings is 2. The number of benzene rings is 1. The van der Waals surface area contributed by atoms with Crippen molar-refractivity contribution in [1.82, 2.24) is 9.80 Å². The third kappa shape index (κ3) is 5.86. The van der Waals surface area contributed by atoms with E-state index in [1.54, 1.807) is 0 Å². The minimum Gasteiger partial charge on any atom is -0.444 e. The molecule has 2 fully saturated rings. The van der Waals surface area contributed by atoms with Gasteiger partial charge >= 0.3 is 6.09 Å². The van der Waals surface area contributed by atoms with E-state index in [2.05, 4.69) is 17.0 Å². The number of hydrogen-bond donors (Lipinski definition) is 1. The van der Waals surface area contributed by atoms with E-state index in [0.29, 0.717) is 11.8 Å². The van der Waals surface area contributed by atoms with Gasteiger partial charge in [0.1, 0.15) is 5.60 Å². The number of carbonyl (C=O) groups is 1. The van der Waals surface area contributed by atoms with Gasteiger partial charge in [0.25, 0.3) is 0 Å². The highest BCUT2D eigenvalue weighted by molar-refractivity contribution is 5.68. The third-order valence-electron chi connectivity index (χ3n) is 5.78. The third-order valence-corrected chi connectivity index (χ3v) is 5.78. The number of nitrogen functional groups attached to an aromatic ring is 1. The van der Waals surface area contributed by atoms with Gasteiger partial charge in [-0.15, -0.1) is 0 Å². The summed E-state index contributed by atoms with van der Waals surface area (Å²) in [6, 6.07) is 8.39. The monoisotopic (exact) mass is 373 g/mol. The number of nitrogens with zero attached hydrogens (tertiary/aromatic N) is 2. The summed E-state index contributed by atoms with van der Waals surface area (Å²) in [5.41, 5.74) is 7.65. The molecule has 5 heteroatoms. The molecular formula is C22H35N3O2. The number of rotatable bonds is 3. The van der Waals surface area contributed by atoms with Gasteiger partial charge < -0.3 is 20.3 Å². The Hall–Kier alpha value is -1.75. The van der Waals surface area contributed by atoms with Crippen LogP contribution in [0.3, 0.4) is 0 Å². The Labute approximate surface area is 163 Å². The average Bonchev–Trinajstić information content (AvgIpc) is 2.62. The van der Waals surface area contributed by atoms with Gasteiger partial charge in [-0.05, 0) is 89.1 Å². The summed E-state index contributed by atoms with van der Waals surface area (Å²) in [6.07, 6.45) is 4.44. The van der Waals surface area contributed by atoms with Gasteiger partial charge in [0.05, 0.1) is 0 Å². The predicted molar refractivity (Wildman–Crippen MR) is 110 cm³/mol. The van der Waals surface area contributed by atoms with Gasteiger partial charge in [0.15, 0.2) is 0 Å². The minimum absolute atomic E-state index is 0.162. The number of ether oxygens (including phenoxy) is 1. The van der Waals surface area contributed by atoms with Gasteiger partial charge in [0, 0.05) is 25.3 Å². The standard InChI is InChI=1S/C22H35N3O2/c1-22(2,3)27-21(26)25-14-8-17(9-15-25)16-24-12-10-19(11-13-24)18-4-6-20(23)7-5-18/h4-7,17,19H,8-16,23H2,1-3H3. The molecule has 3 rings (SSSR count). The summed E-state index contributed by atoms with van der Waals surface area (Å²) < 4.78 is 5.49. The van der Waals surface area contributed by atoms with E-state index >= 15 is 0 Å². The lowest BCUT2D eigenvalue weighted by Crippen LogP contribution is -2.44. The van der Waals surface area contributed by atoms with Crippen molar-refractivity contribution in [2.45, 2.75) is 58.0 Å². The van der Waals surface area contributed by atoms with Crippen molar-refractivity contribution in [2.24, 2.45) is 5.92 Å². The fourth-order valence-corrected chi connectivity index (χ4v) is 4.21. The zero-order valence-corrected chi connectivity index (χ0v) is 17.1. The molecule has 1 aromatic carbocycles. The lowest BCUT2D eigenvalue weighted by Gasteiger charge is -2.38. The number of amides is 1. The first-order chi connectivity index (χ1) is 12.8. The van der Waals surface area contributed by atoms with Crippen LogP contribution in [0.15, 0.2) is 24.3 Å². The van der Waals surface area contributed by atoms with Gasteiger partial charge in [0.2, 0.25) is 0 Å². The van der Waals surface area contributed by atoms with E-state index in [1.807, 2.05) is 37.8 Å². The van der Waals surface area contributed by atoms with Crippen molar-refractivity contribution < 1.29 is 9.53 Å². The lowest BCUT2D eigenvalue weighted by atomic mass is 9.88. The molecule has 1 aromatic rings. The quantitative estimate of drug-likeness (QED) is 0.811. The number of carbonyl (C=O) groups excluding carboxylic acids is 1. The second kappa shape index (κ2) is 8.51. The first-order valence-corrected chi connectivity index (χ1v) is 10.4. The highest BCUT2D eigenvalue weighted by Gasteiger charge is 2.29. The SMILES string of the molecule is CC(C)(C)OC(=O)N1CCC(CN2CCC(c3ccc(N)cc3)CC2)CC1.